The first-order valence-corrected chi connectivity index (χ1v) is 8.02. The highest BCUT2D eigenvalue weighted by Crippen LogP contribution is 2.25. The number of carbonyl (C=O) groups excluding carboxylic acids is 2. The van der Waals surface area contributed by atoms with Crippen molar-refractivity contribution in [2.75, 3.05) is 31.9 Å². The third-order valence-electron chi connectivity index (χ3n) is 3.09. The molecule has 0 bridgehead atoms. The summed E-state index contributed by atoms with van der Waals surface area (Å²) < 4.78 is 10.3. The number of benzene rings is 1. The van der Waals surface area contributed by atoms with Gasteiger partial charge in [-0.3, -0.25) is 4.79 Å². The number of alkyl halides is 1. The highest BCUT2D eigenvalue weighted by atomic mass is 35.5. The second-order valence-electron chi connectivity index (χ2n) is 4.37. The molecule has 0 N–H and O–H groups in total. The van der Waals surface area contributed by atoms with Crippen molar-refractivity contribution >= 4 is 35.2 Å². The van der Waals surface area contributed by atoms with E-state index in [4.69, 9.17) is 16.3 Å². The van der Waals surface area contributed by atoms with Crippen LogP contribution in [0.1, 0.15) is 10.4 Å². The van der Waals surface area contributed by atoms with E-state index in [0.29, 0.717) is 24.5 Å². The monoisotopic (exact) mass is 329 g/mol. The largest absolute Gasteiger partial charge is 0.491 e. The molecule has 5 nitrogen and oxygen atoms in total. The minimum absolute atomic E-state index is 0.00904. The summed E-state index contributed by atoms with van der Waals surface area (Å²) in [5.41, 5.74) is 0.471. The molecular weight excluding hydrogens is 314 g/mol. The van der Waals surface area contributed by atoms with E-state index >= 15 is 0 Å². The van der Waals surface area contributed by atoms with Crippen molar-refractivity contribution in [3.63, 3.8) is 0 Å². The normalized spacial score (nSPS) is 17.6. The van der Waals surface area contributed by atoms with Crippen LogP contribution in [0.3, 0.4) is 0 Å². The van der Waals surface area contributed by atoms with Gasteiger partial charge in [-0.1, -0.05) is 0 Å². The Morgan fingerprint density at radius 1 is 1.38 bits per heavy atom. The molecule has 0 saturated carbocycles. The number of amides is 1. The molecule has 1 aliphatic rings. The smallest absolute Gasteiger partial charge is 0.337 e. The Morgan fingerprint density at radius 2 is 2.10 bits per heavy atom. The first-order valence-electron chi connectivity index (χ1n) is 6.44. The van der Waals surface area contributed by atoms with Gasteiger partial charge in [0.05, 0.1) is 12.7 Å². The molecule has 114 valence electrons. The van der Waals surface area contributed by atoms with Gasteiger partial charge in [0.1, 0.15) is 23.6 Å². The predicted molar refractivity (Wildman–Crippen MR) is 82.0 cm³/mol. The molecule has 1 atom stereocenters. The van der Waals surface area contributed by atoms with E-state index in [9.17, 15) is 9.59 Å². The fraction of sp³-hybridized carbons (Fsp3) is 0.429. The summed E-state index contributed by atoms with van der Waals surface area (Å²) in [6.45, 7) is 1.09. The van der Waals surface area contributed by atoms with Gasteiger partial charge in [0.2, 0.25) is 5.91 Å². The van der Waals surface area contributed by atoms with E-state index in [-0.39, 0.29) is 23.1 Å². The third-order valence-corrected chi connectivity index (χ3v) is 4.51. The average Bonchev–Trinajstić information content (AvgIpc) is 3.00. The summed E-state index contributed by atoms with van der Waals surface area (Å²) in [5, 5.41) is -0.0171. The quantitative estimate of drug-likeness (QED) is 0.611. The van der Waals surface area contributed by atoms with Crippen LogP contribution < -0.4 is 4.74 Å². The SMILES string of the molecule is COC(=O)c1ccc(OCC2SCCN2C(=O)CCl)cc1. The maximum Gasteiger partial charge on any atom is 0.337 e. The van der Waals surface area contributed by atoms with Crippen LogP contribution in [0, 0.1) is 0 Å². The van der Waals surface area contributed by atoms with Gasteiger partial charge in [-0.05, 0) is 24.3 Å². The number of carbonyl (C=O) groups is 2. The van der Waals surface area contributed by atoms with E-state index in [0.717, 1.165) is 5.75 Å². The van der Waals surface area contributed by atoms with E-state index in [1.54, 1.807) is 40.9 Å². The molecule has 1 aromatic rings. The molecule has 0 aliphatic carbocycles. The molecule has 1 fully saturated rings. The molecule has 2 rings (SSSR count). The third kappa shape index (κ3) is 4.04. The van der Waals surface area contributed by atoms with E-state index in [1.165, 1.54) is 7.11 Å². The van der Waals surface area contributed by atoms with Gasteiger partial charge < -0.3 is 14.4 Å². The number of thioether (sulfide) groups is 1. The molecule has 1 aliphatic heterocycles. The summed E-state index contributed by atoms with van der Waals surface area (Å²) in [6.07, 6.45) is 0. The van der Waals surface area contributed by atoms with Crippen LogP contribution in [-0.4, -0.2) is 54.0 Å². The molecule has 1 amide bonds. The van der Waals surface area contributed by atoms with Gasteiger partial charge in [-0.25, -0.2) is 4.79 Å². The number of esters is 1. The molecular formula is C14H16ClNO4S. The van der Waals surface area contributed by atoms with Gasteiger partial charge in [-0.2, -0.15) is 0 Å². The van der Waals surface area contributed by atoms with Crippen molar-refractivity contribution in [2.24, 2.45) is 0 Å². The Morgan fingerprint density at radius 3 is 2.71 bits per heavy atom. The molecule has 1 heterocycles. The highest BCUT2D eigenvalue weighted by molar-refractivity contribution is 8.00. The number of nitrogens with zero attached hydrogens (tertiary/aromatic N) is 1. The van der Waals surface area contributed by atoms with Crippen LogP contribution in [-0.2, 0) is 9.53 Å². The Bertz CT molecular complexity index is 508. The highest BCUT2D eigenvalue weighted by Gasteiger charge is 2.29. The van der Waals surface area contributed by atoms with E-state index in [1.807, 2.05) is 0 Å². The van der Waals surface area contributed by atoms with Crippen LogP contribution in [0.5, 0.6) is 5.75 Å². The number of rotatable bonds is 5. The van der Waals surface area contributed by atoms with E-state index < -0.39 is 0 Å². The van der Waals surface area contributed by atoms with Crippen molar-refractivity contribution in [1.82, 2.24) is 4.90 Å². The standard InChI is InChI=1S/C14H16ClNO4S/c1-19-14(18)10-2-4-11(5-3-10)20-9-13-16(6-7-21-13)12(17)8-15/h2-5,13H,6-9H2,1H3. The molecule has 0 radical (unpaired) electrons. The Hall–Kier alpha value is -1.40. The topological polar surface area (TPSA) is 55.8 Å². The zero-order chi connectivity index (χ0) is 15.2. The Labute approximate surface area is 132 Å². The van der Waals surface area contributed by atoms with Crippen LogP contribution in [0.2, 0.25) is 0 Å². The molecule has 1 aromatic carbocycles. The minimum atomic E-state index is -0.383. The van der Waals surface area contributed by atoms with Crippen LogP contribution in [0.25, 0.3) is 0 Å². The maximum absolute atomic E-state index is 11.7. The zero-order valence-electron chi connectivity index (χ0n) is 11.6. The average molecular weight is 330 g/mol. The van der Waals surface area contributed by atoms with Gasteiger partial charge in [-0.15, -0.1) is 23.4 Å². The van der Waals surface area contributed by atoms with Crippen molar-refractivity contribution in [2.45, 2.75) is 5.37 Å². The number of methoxy groups -OCH3 is 1. The second kappa shape index (κ2) is 7.56. The predicted octanol–water partition coefficient (Wildman–Crippen LogP) is 1.99. The summed E-state index contributed by atoms with van der Waals surface area (Å²) in [5.74, 6) is 1.07. The van der Waals surface area contributed by atoms with Gasteiger partial charge >= 0.3 is 5.97 Å². The summed E-state index contributed by atoms with van der Waals surface area (Å²) >= 11 is 7.26. The number of halogens is 1. The fourth-order valence-electron chi connectivity index (χ4n) is 1.99. The lowest BCUT2D eigenvalue weighted by atomic mass is 10.2. The van der Waals surface area contributed by atoms with Crippen LogP contribution in [0.15, 0.2) is 24.3 Å². The first-order chi connectivity index (χ1) is 10.2. The second-order valence-corrected chi connectivity index (χ2v) is 5.93. The van der Waals surface area contributed by atoms with Gasteiger partial charge in [0.25, 0.3) is 0 Å². The van der Waals surface area contributed by atoms with Crippen LogP contribution in [0.4, 0.5) is 0 Å². The molecule has 1 unspecified atom stereocenters. The molecule has 0 aromatic heterocycles. The maximum atomic E-state index is 11.7. The zero-order valence-corrected chi connectivity index (χ0v) is 13.2. The van der Waals surface area contributed by atoms with Gasteiger partial charge in [0.15, 0.2) is 0 Å². The van der Waals surface area contributed by atoms with Crippen molar-refractivity contribution in [1.29, 1.82) is 0 Å². The molecule has 1 saturated heterocycles. The summed E-state index contributed by atoms with van der Waals surface area (Å²) in [7, 11) is 1.34. The molecule has 0 spiro atoms. The van der Waals surface area contributed by atoms with Crippen LogP contribution >= 0.6 is 23.4 Å². The van der Waals surface area contributed by atoms with Crippen molar-refractivity contribution in [3.05, 3.63) is 29.8 Å². The fourth-order valence-corrected chi connectivity index (χ4v) is 3.29. The Balaban J connectivity index is 1.90. The first kappa shape index (κ1) is 16.0. The number of ether oxygens (including phenoxy) is 2. The summed E-state index contributed by atoms with van der Waals surface area (Å²) in [4.78, 5) is 24.7. The lowest BCUT2D eigenvalue weighted by Gasteiger charge is -2.23. The lowest BCUT2D eigenvalue weighted by molar-refractivity contribution is -0.128. The minimum Gasteiger partial charge on any atom is -0.491 e. The van der Waals surface area contributed by atoms with Crippen molar-refractivity contribution < 1.29 is 19.1 Å². The van der Waals surface area contributed by atoms with E-state index in [2.05, 4.69) is 4.74 Å². The number of hydrogen-bond donors (Lipinski definition) is 0. The lowest BCUT2D eigenvalue weighted by Crippen LogP contribution is -2.38. The Kier molecular flexibility index (Phi) is 5.76. The summed E-state index contributed by atoms with van der Waals surface area (Å²) in [6, 6.07) is 6.70. The molecule has 21 heavy (non-hydrogen) atoms. The molecule has 7 heteroatoms. The van der Waals surface area contributed by atoms with Gasteiger partial charge in [0, 0.05) is 12.3 Å². The van der Waals surface area contributed by atoms with Crippen molar-refractivity contribution in [3.8, 4) is 5.75 Å². The number of hydrogen-bond acceptors (Lipinski definition) is 5.